The first-order valence-electron chi connectivity index (χ1n) is 5.34. The van der Waals surface area contributed by atoms with Crippen LogP contribution in [0.2, 0.25) is 0 Å². The quantitative estimate of drug-likeness (QED) is 0.615. The maximum absolute atomic E-state index is 12.3. The fraction of sp³-hybridized carbons (Fsp3) is 0.333. The van der Waals surface area contributed by atoms with Gasteiger partial charge in [-0.3, -0.25) is 0 Å². The molecule has 2 atom stereocenters. The number of alkyl halides is 2. The number of hydrogen-bond donors (Lipinski definition) is 0. The minimum absolute atomic E-state index is 0. The molecule has 0 saturated carbocycles. The van der Waals surface area contributed by atoms with Crippen molar-refractivity contribution in [1.29, 1.82) is 0 Å². The Morgan fingerprint density at radius 3 is 2.48 bits per heavy atom. The van der Waals surface area contributed by atoms with E-state index in [-0.39, 0.29) is 37.0 Å². The molecule has 124 valence electrons. The Kier molecular flexibility index (Phi) is 6.36. The maximum atomic E-state index is 12.3. The SMILES string of the molecule is C=C1COC(c2ccc(S(=O)(=O)N=S(=O)(OF)C(F)F)o2)O1.[Li+]. The van der Waals surface area contributed by atoms with Gasteiger partial charge in [0, 0.05) is 0 Å². The van der Waals surface area contributed by atoms with E-state index in [1.165, 1.54) is 0 Å². The molecule has 0 aromatic carbocycles. The second-order valence-electron chi connectivity index (χ2n) is 3.84. The molecule has 2 heterocycles. The number of sulfonamides is 1. The van der Waals surface area contributed by atoms with Gasteiger partial charge in [0.2, 0.25) is 5.09 Å². The summed E-state index contributed by atoms with van der Waals surface area (Å²) in [5.41, 5.74) is 0. The molecule has 0 radical (unpaired) electrons. The molecule has 0 N–H and O–H groups in total. The molecule has 0 spiro atoms. The van der Waals surface area contributed by atoms with Gasteiger partial charge in [-0.1, -0.05) is 14.7 Å². The van der Waals surface area contributed by atoms with E-state index >= 15 is 0 Å². The van der Waals surface area contributed by atoms with Crippen molar-refractivity contribution in [2.45, 2.75) is 17.1 Å². The van der Waals surface area contributed by atoms with Gasteiger partial charge in [-0.05, 0) is 16.7 Å². The first kappa shape index (κ1) is 20.1. The Morgan fingerprint density at radius 2 is 2.00 bits per heavy atom. The molecule has 1 aliphatic rings. The first-order valence-corrected chi connectivity index (χ1v) is 8.28. The van der Waals surface area contributed by atoms with E-state index in [1.807, 2.05) is 0 Å². The summed E-state index contributed by atoms with van der Waals surface area (Å²) in [5, 5.41) is -0.961. The van der Waals surface area contributed by atoms with Crippen LogP contribution in [0.25, 0.3) is 0 Å². The minimum Gasteiger partial charge on any atom is -0.460 e. The van der Waals surface area contributed by atoms with Gasteiger partial charge in [0.25, 0.3) is 16.3 Å². The summed E-state index contributed by atoms with van der Waals surface area (Å²) in [7, 11) is -10.4. The fourth-order valence-corrected chi connectivity index (χ4v) is 3.61. The largest absolute Gasteiger partial charge is 1.00 e. The first-order chi connectivity index (χ1) is 10.2. The molecule has 1 aromatic rings. The van der Waals surface area contributed by atoms with Crippen molar-refractivity contribution in [2.24, 2.45) is 3.77 Å². The average Bonchev–Trinajstić information content (AvgIpc) is 3.06. The van der Waals surface area contributed by atoms with Gasteiger partial charge in [0.15, 0.2) is 5.76 Å². The molecule has 1 aromatic heterocycles. The van der Waals surface area contributed by atoms with Gasteiger partial charge in [-0.25, -0.2) is 4.21 Å². The van der Waals surface area contributed by atoms with Crippen molar-refractivity contribution >= 4 is 20.0 Å². The van der Waals surface area contributed by atoms with E-state index in [9.17, 15) is 25.9 Å². The molecule has 1 aliphatic heterocycles. The summed E-state index contributed by atoms with van der Waals surface area (Å²) < 4.78 is 90.8. The van der Waals surface area contributed by atoms with Gasteiger partial charge in [0.1, 0.15) is 12.4 Å². The molecule has 0 amide bonds. The molecule has 0 bridgehead atoms. The summed E-state index contributed by atoms with van der Waals surface area (Å²) in [6.07, 6.45) is -1.08. The third kappa shape index (κ3) is 4.31. The number of halogens is 3. The zero-order chi connectivity index (χ0) is 16.5. The van der Waals surface area contributed by atoms with E-state index in [0.717, 1.165) is 12.1 Å². The van der Waals surface area contributed by atoms with Gasteiger partial charge in [0.05, 0.1) is 0 Å². The van der Waals surface area contributed by atoms with Gasteiger partial charge < -0.3 is 13.9 Å². The Hall–Kier alpha value is -0.973. The fourth-order valence-electron chi connectivity index (χ4n) is 1.37. The second kappa shape index (κ2) is 7.28. The van der Waals surface area contributed by atoms with Crippen LogP contribution in [-0.2, 0) is 33.9 Å². The van der Waals surface area contributed by atoms with E-state index in [0.29, 0.717) is 0 Å². The number of nitrogens with zero attached hydrogens (tertiary/aromatic N) is 1. The Bertz CT molecular complexity index is 800. The van der Waals surface area contributed by atoms with Crippen molar-refractivity contribution in [3.05, 3.63) is 30.2 Å². The molecule has 2 unspecified atom stereocenters. The molecule has 8 nitrogen and oxygen atoms in total. The zero-order valence-corrected chi connectivity index (χ0v) is 13.1. The predicted molar refractivity (Wildman–Crippen MR) is 63.6 cm³/mol. The Labute approximate surface area is 141 Å². The summed E-state index contributed by atoms with van der Waals surface area (Å²) in [5.74, 6) is -3.84. The van der Waals surface area contributed by atoms with Crippen molar-refractivity contribution in [2.75, 3.05) is 6.61 Å². The molecular weight excluding hydrogens is 362 g/mol. The van der Waals surface area contributed by atoms with Crippen LogP contribution < -0.4 is 18.9 Å². The van der Waals surface area contributed by atoms with Crippen LogP contribution in [0.15, 0.2) is 37.7 Å². The Morgan fingerprint density at radius 1 is 1.35 bits per heavy atom. The number of ether oxygens (including phenoxy) is 2. The van der Waals surface area contributed by atoms with Crippen molar-refractivity contribution in [3.8, 4) is 0 Å². The topological polar surface area (TPSA) is 104 Å². The van der Waals surface area contributed by atoms with E-state index in [1.54, 1.807) is 0 Å². The molecule has 1 fully saturated rings. The average molecular weight is 370 g/mol. The molecule has 23 heavy (non-hydrogen) atoms. The van der Waals surface area contributed by atoms with Crippen LogP contribution in [0, 0.1) is 0 Å². The van der Waals surface area contributed by atoms with Crippen LogP contribution >= 0.6 is 0 Å². The van der Waals surface area contributed by atoms with Gasteiger partial charge in [-0.2, -0.15) is 17.2 Å². The molecule has 2 rings (SSSR count). The minimum atomic E-state index is -5.37. The van der Waals surface area contributed by atoms with Crippen LogP contribution in [-0.4, -0.2) is 25.0 Å². The number of furan rings is 1. The molecule has 0 aliphatic carbocycles. The van der Waals surface area contributed by atoms with Crippen molar-refractivity contribution in [1.82, 2.24) is 0 Å². The third-order valence-electron chi connectivity index (χ3n) is 2.28. The standard InChI is InChI=1S/C9H8F3NO7S2.Li/c1-5-4-17-8(18-5)6-2-3-7(19-6)21(14,15)13-22(16,20-12)9(10)11;/h2-3,8-9H,1,4H2;/q;+1. The van der Waals surface area contributed by atoms with Crippen LogP contribution in [0.3, 0.4) is 0 Å². The van der Waals surface area contributed by atoms with E-state index in [4.69, 9.17) is 13.9 Å². The molecule has 1 saturated heterocycles. The van der Waals surface area contributed by atoms with Gasteiger partial charge in [-0.15, -0.1) is 0 Å². The molecular formula is C9H8F3LiNO7S2+. The maximum Gasteiger partial charge on any atom is 1.00 e. The molecule has 14 heteroatoms. The summed E-state index contributed by atoms with van der Waals surface area (Å²) in [6, 6.07) is 1.93. The number of hydrogen-bond acceptors (Lipinski definition) is 7. The summed E-state index contributed by atoms with van der Waals surface area (Å²) in [6.45, 7) is 3.51. The van der Waals surface area contributed by atoms with Gasteiger partial charge >= 0.3 is 34.6 Å². The van der Waals surface area contributed by atoms with Crippen LogP contribution in [0.4, 0.5) is 13.3 Å². The predicted octanol–water partition coefficient (Wildman–Crippen LogP) is -0.962. The summed E-state index contributed by atoms with van der Waals surface area (Å²) >= 11 is 0. The van der Waals surface area contributed by atoms with Crippen LogP contribution in [0.5, 0.6) is 0 Å². The van der Waals surface area contributed by atoms with E-state index in [2.05, 4.69) is 14.7 Å². The Balaban J connectivity index is 0.00000264. The van der Waals surface area contributed by atoms with Crippen LogP contribution in [0.1, 0.15) is 12.1 Å². The van der Waals surface area contributed by atoms with Crippen molar-refractivity contribution in [3.63, 3.8) is 0 Å². The summed E-state index contributed by atoms with van der Waals surface area (Å²) in [4.78, 5) is 0. The zero-order valence-electron chi connectivity index (χ0n) is 11.5. The normalized spacial score (nSPS) is 20.7. The monoisotopic (exact) mass is 370 g/mol. The third-order valence-corrected chi connectivity index (χ3v) is 5.25. The number of rotatable bonds is 5. The smallest absolute Gasteiger partial charge is 0.460 e. The second-order valence-corrected chi connectivity index (χ2v) is 7.31. The van der Waals surface area contributed by atoms with Crippen molar-refractivity contribution < 1.29 is 63.1 Å². The van der Waals surface area contributed by atoms with E-state index < -0.39 is 37.2 Å².